The van der Waals surface area contributed by atoms with E-state index in [0.29, 0.717) is 12.1 Å². The molecule has 2 amide bonds. The van der Waals surface area contributed by atoms with Gasteiger partial charge in [0, 0.05) is 16.0 Å². The zero-order chi connectivity index (χ0) is 14.9. The maximum absolute atomic E-state index is 12.3. The van der Waals surface area contributed by atoms with E-state index < -0.39 is 5.41 Å². The predicted octanol–water partition coefficient (Wildman–Crippen LogP) is 3.47. The molecule has 0 spiro atoms. The highest BCUT2D eigenvalue weighted by atomic mass is 16.2. The maximum Gasteiger partial charge on any atom is 0.235 e. The van der Waals surface area contributed by atoms with E-state index in [2.05, 4.69) is 10.0 Å². The van der Waals surface area contributed by atoms with E-state index in [9.17, 15) is 9.59 Å². The maximum atomic E-state index is 12.3. The minimum Gasteiger partial charge on any atom is -0.274 e. The first-order chi connectivity index (χ1) is 9.34. The van der Waals surface area contributed by atoms with Gasteiger partial charge in [-0.15, -0.1) is 0 Å². The van der Waals surface area contributed by atoms with E-state index in [-0.39, 0.29) is 17.9 Å². The van der Waals surface area contributed by atoms with Gasteiger partial charge in [0.25, 0.3) is 0 Å². The van der Waals surface area contributed by atoms with Gasteiger partial charge in [0.1, 0.15) is 0 Å². The van der Waals surface area contributed by atoms with Crippen molar-refractivity contribution >= 4 is 17.5 Å². The number of β-lactam (4-membered cyclic amide) rings is 1. The zero-order valence-electron chi connectivity index (χ0n) is 11.7. The first-order valence-corrected chi connectivity index (χ1v) is 6.36. The Balaban J connectivity index is 2.29. The Morgan fingerprint density at radius 2 is 2.15 bits per heavy atom. The standard InChI is InChI=1S/C14H16N4O2/c1-14(2,3)13(20)18-11(8-12(18)19)9-5-4-6-10(7-9)16-17-15/h4-7,11H,8H2,1-3H3. The molecule has 1 heterocycles. The lowest BCUT2D eigenvalue weighted by atomic mass is 9.87. The summed E-state index contributed by atoms with van der Waals surface area (Å²) in [6, 6.07) is 6.71. The highest BCUT2D eigenvalue weighted by Gasteiger charge is 2.45. The quantitative estimate of drug-likeness (QED) is 0.357. The molecule has 1 aliphatic rings. The molecule has 20 heavy (non-hydrogen) atoms. The number of carbonyl (C=O) groups excluding carboxylic acids is 2. The van der Waals surface area contributed by atoms with Gasteiger partial charge in [-0.2, -0.15) is 0 Å². The summed E-state index contributed by atoms with van der Waals surface area (Å²) in [6.07, 6.45) is 0.307. The largest absolute Gasteiger partial charge is 0.274 e. The molecule has 6 nitrogen and oxygen atoms in total. The van der Waals surface area contributed by atoms with E-state index in [1.165, 1.54) is 4.90 Å². The second-order valence-electron chi connectivity index (χ2n) is 5.82. The second-order valence-corrected chi connectivity index (χ2v) is 5.82. The van der Waals surface area contributed by atoms with Crippen LogP contribution in [0.25, 0.3) is 10.4 Å². The summed E-state index contributed by atoms with van der Waals surface area (Å²) in [7, 11) is 0. The van der Waals surface area contributed by atoms with Crippen molar-refractivity contribution in [3.63, 3.8) is 0 Å². The Kier molecular flexibility index (Phi) is 3.51. The van der Waals surface area contributed by atoms with Gasteiger partial charge in [-0.25, -0.2) is 0 Å². The average molecular weight is 272 g/mol. The molecule has 1 aromatic rings. The summed E-state index contributed by atoms with van der Waals surface area (Å²) >= 11 is 0. The summed E-state index contributed by atoms with van der Waals surface area (Å²) in [6.45, 7) is 5.36. The van der Waals surface area contributed by atoms with Gasteiger partial charge in [0.2, 0.25) is 11.8 Å². The number of nitrogens with zero attached hydrogens (tertiary/aromatic N) is 4. The summed E-state index contributed by atoms with van der Waals surface area (Å²) in [5, 5.41) is 3.54. The van der Waals surface area contributed by atoms with Gasteiger partial charge in [0.05, 0.1) is 12.5 Å². The number of carbonyl (C=O) groups is 2. The number of azide groups is 1. The average Bonchev–Trinajstić information content (AvgIpc) is 2.35. The molecule has 0 aliphatic carbocycles. The first-order valence-electron chi connectivity index (χ1n) is 6.36. The van der Waals surface area contributed by atoms with Crippen molar-refractivity contribution in [1.29, 1.82) is 0 Å². The fourth-order valence-electron chi connectivity index (χ4n) is 2.15. The van der Waals surface area contributed by atoms with E-state index in [4.69, 9.17) is 5.53 Å². The monoisotopic (exact) mass is 272 g/mol. The van der Waals surface area contributed by atoms with Crippen LogP contribution in [0.1, 0.15) is 38.8 Å². The minimum atomic E-state index is -0.600. The Labute approximate surface area is 117 Å². The molecule has 1 fully saturated rings. The highest BCUT2D eigenvalue weighted by molar-refractivity contribution is 6.02. The van der Waals surface area contributed by atoms with E-state index in [0.717, 1.165) is 5.56 Å². The Bertz CT molecular complexity index is 612. The molecule has 1 unspecified atom stereocenters. The third-order valence-corrected chi connectivity index (χ3v) is 3.22. The Morgan fingerprint density at radius 1 is 1.45 bits per heavy atom. The molecule has 2 rings (SSSR count). The van der Waals surface area contributed by atoms with Crippen molar-refractivity contribution < 1.29 is 9.59 Å². The Hall–Kier alpha value is -2.33. The van der Waals surface area contributed by atoms with Gasteiger partial charge in [-0.3, -0.25) is 14.5 Å². The lowest BCUT2D eigenvalue weighted by Crippen LogP contribution is -2.53. The number of likely N-dealkylation sites (tertiary alicyclic amines) is 1. The van der Waals surface area contributed by atoms with Crippen LogP contribution in [-0.4, -0.2) is 16.7 Å². The number of hydrogen-bond donors (Lipinski definition) is 0. The van der Waals surface area contributed by atoms with Crippen LogP contribution in [0, 0.1) is 5.41 Å². The molecule has 1 atom stereocenters. The van der Waals surface area contributed by atoms with Crippen LogP contribution in [0.4, 0.5) is 5.69 Å². The van der Waals surface area contributed by atoms with Crippen LogP contribution < -0.4 is 0 Å². The molecule has 0 N–H and O–H groups in total. The van der Waals surface area contributed by atoms with Crippen LogP contribution >= 0.6 is 0 Å². The number of rotatable bonds is 2. The Morgan fingerprint density at radius 3 is 2.70 bits per heavy atom. The minimum absolute atomic E-state index is 0.163. The molecule has 1 saturated heterocycles. The molecule has 0 radical (unpaired) electrons. The summed E-state index contributed by atoms with van der Waals surface area (Å²) in [5.41, 5.74) is 9.14. The molecular formula is C14H16N4O2. The first kappa shape index (κ1) is 14.1. The van der Waals surface area contributed by atoms with E-state index in [1.807, 2.05) is 6.07 Å². The third-order valence-electron chi connectivity index (χ3n) is 3.22. The highest BCUT2D eigenvalue weighted by Crippen LogP contribution is 2.38. The normalized spacial score (nSPS) is 18.2. The lowest BCUT2D eigenvalue weighted by Gasteiger charge is -2.42. The molecular weight excluding hydrogens is 256 g/mol. The molecule has 0 bridgehead atoms. The molecule has 0 aromatic heterocycles. The zero-order valence-corrected chi connectivity index (χ0v) is 11.7. The van der Waals surface area contributed by atoms with Crippen molar-refractivity contribution in [1.82, 2.24) is 4.90 Å². The van der Waals surface area contributed by atoms with Crippen LogP contribution in [0.5, 0.6) is 0 Å². The van der Waals surface area contributed by atoms with Gasteiger partial charge in [0.15, 0.2) is 0 Å². The van der Waals surface area contributed by atoms with Crippen LogP contribution in [0.15, 0.2) is 29.4 Å². The number of amides is 2. The second kappa shape index (κ2) is 4.98. The van der Waals surface area contributed by atoms with Crippen LogP contribution in [0.2, 0.25) is 0 Å². The SMILES string of the molecule is CC(C)(C)C(=O)N1C(=O)CC1c1cccc(N=[N+]=[N-])c1. The molecule has 1 aliphatic heterocycles. The van der Waals surface area contributed by atoms with Crippen LogP contribution in [0.3, 0.4) is 0 Å². The van der Waals surface area contributed by atoms with E-state index >= 15 is 0 Å². The summed E-state index contributed by atoms with van der Waals surface area (Å²) in [5.74, 6) is -0.350. The predicted molar refractivity (Wildman–Crippen MR) is 73.9 cm³/mol. The topological polar surface area (TPSA) is 86.1 Å². The molecule has 6 heteroatoms. The van der Waals surface area contributed by atoms with Crippen molar-refractivity contribution in [2.24, 2.45) is 10.5 Å². The molecule has 0 saturated carbocycles. The van der Waals surface area contributed by atoms with Gasteiger partial charge < -0.3 is 0 Å². The van der Waals surface area contributed by atoms with Gasteiger partial charge in [-0.05, 0) is 17.2 Å². The van der Waals surface area contributed by atoms with E-state index in [1.54, 1.807) is 39.0 Å². The third kappa shape index (κ3) is 2.51. The van der Waals surface area contributed by atoms with Gasteiger partial charge >= 0.3 is 0 Å². The van der Waals surface area contributed by atoms with Crippen molar-refractivity contribution in [2.75, 3.05) is 0 Å². The number of hydrogen-bond acceptors (Lipinski definition) is 3. The summed E-state index contributed by atoms with van der Waals surface area (Å²) in [4.78, 5) is 28.0. The van der Waals surface area contributed by atoms with Crippen molar-refractivity contribution in [2.45, 2.75) is 33.2 Å². The number of benzene rings is 1. The fraction of sp³-hybridized carbons (Fsp3) is 0.429. The van der Waals surface area contributed by atoms with Crippen molar-refractivity contribution in [3.05, 3.63) is 40.3 Å². The smallest absolute Gasteiger partial charge is 0.235 e. The fourth-order valence-corrected chi connectivity index (χ4v) is 2.15. The van der Waals surface area contributed by atoms with Crippen LogP contribution in [-0.2, 0) is 9.59 Å². The van der Waals surface area contributed by atoms with Gasteiger partial charge in [-0.1, -0.05) is 44.1 Å². The van der Waals surface area contributed by atoms with Crippen molar-refractivity contribution in [3.8, 4) is 0 Å². The number of imide groups is 1. The lowest BCUT2D eigenvalue weighted by molar-refractivity contribution is -0.163. The molecule has 1 aromatic carbocycles. The summed E-state index contributed by atoms with van der Waals surface area (Å²) < 4.78 is 0. The molecule has 104 valence electrons.